The van der Waals surface area contributed by atoms with Crippen molar-refractivity contribution in [1.82, 2.24) is 0 Å². The van der Waals surface area contributed by atoms with Gasteiger partial charge in [-0.3, -0.25) is 9.59 Å². The van der Waals surface area contributed by atoms with Crippen LogP contribution in [0.3, 0.4) is 0 Å². The number of aryl methyl sites for hydroxylation is 1. The van der Waals surface area contributed by atoms with E-state index in [-0.39, 0.29) is 23.2 Å². The van der Waals surface area contributed by atoms with Crippen molar-refractivity contribution < 1.29 is 9.59 Å². The largest absolute Gasteiger partial charge is 0.295 e. The number of nitriles is 1. The maximum Gasteiger partial charge on any atom is 0.173 e. The predicted octanol–water partition coefficient (Wildman–Crippen LogP) is 5.11. The van der Waals surface area contributed by atoms with E-state index in [1.807, 2.05) is 49.4 Å². The van der Waals surface area contributed by atoms with E-state index >= 15 is 0 Å². The zero-order valence-corrected chi connectivity index (χ0v) is 17.5. The van der Waals surface area contributed by atoms with E-state index < -0.39 is 5.92 Å². The normalized spacial score (nSPS) is 18.8. The number of ketones is 2. The van der Waals surface area contributed by atoms with Gasteiger partial charge in [-0.1, -0.05) is 60.2 Å². The zero-order chi connectivity index (χ0) is 21.0. The molecule has 5 heteroatoms. The molecule has 1 aliphatic rings. The van der Waals surface area contributed by atoms with Crippen molar-refractivity contribution in [2.45, 2.75) is 26.7 Å². The Hall–Kier alpha value is -2.97. The van der Waals surface area contributed by atoms with Crippen molar-refractivity contribution in [3.63, 3.8) is 0 Å². The first-order chi connectivity index (χ1) is 13.9. The molecule has 2 atom stereocenters. The lowest BCUT2D eigenvalue weighted by Gasteiger charge is -2.30. The number of carbonyl (C=O) groups is 2. The van der Waals surface area contributed by atoms with Crippen LogP contribution in [0.5, 0.6) is 0 Å². The van der Waals surface area contributed by atoms with Gasteiger partial charge in [-0.2, -0.15) is 5.26 Å². The Balaban J connectivity index is 1.95. The van der Waals surface area contributed by atoms with Gasteiger partial charge < -0.3 is 0 Å². The smallest absolute Gasteiger partial charge is 0.173 e. The van der Waals surface area contributed by atoms with Crippen LogP contribution in [-0.2, 0) is 4.79 Å². The van der Waals surface area contributed by atoms with Crippen LogP contribution >= 0.6 is 11.8 Å². The molecule has 0 aromatic heterocycles. The lowest BCUT2D eigenvalue weighted by atomic mass is 9.77. The Morgan fingerprint density at radius 2 is 1.83 bits per heavy atom. The van der Waals surface area contributed by atoms with Gasteiger partial charge in [0, 0.05) is 22.8 Å². The van der Waals surface area contributed by atoms with Gasteiger partial charge in [0.25, 0.3) is 0 Å². The third kappa shape index (κ3) is 4.55. The Morgan fingerprint density at radius 1 is 1.10 bits per heavy atom. The Morgan fingerprint density at radius 3 is 2.45 bits per heavy atom. The van der Waals surface area contributed by atoms with Crippen LogP contribution in [0.25, 0.3) is 0 Å². The standard InChI is InChI=1S/C24H22N2O2S/c1-15-8-7-11-19(12-15)23-20(13-25)24(26-16(2)22(23)17(3)27)29-14-21(28)18-9-5-4-6-10-18/h4-12,20,23H,14H2,1-3H3/t20?,23-/m0/s1. The van der Waals surface area contributed by atoms with E-state index in [0.717, 1.165) is 11.1 Å². The molecule has 2 aromatic rings. The van der Waals surface area contributed by atoms with E-state index in [1.165, 1.54) is 18.7 Å². The average Bonchev–Trinajstić information content (AvgIpc) is 2.71. The first-order valence-corrected chi connectivity index (χ1v) is 10.4. The van der Waals surface area contributed by atoms with Gasteiger partial charge in [0.15, 0.2) is 11.6 Å². The molecule has 29 heavy (non-hydrogen) atoms. The third-order valence-electron chi connectivity index (χ3n) is 4.94. The van der Waals surface area contributed by atoms with Crippen LogP contribution in [0.1, 0.15) is 41.3 Å². The molecule has 4 nitrogen and oxygen atoms in total. The number of Topliss-reactive ketones (excluding diaryl/α,β-unsaturated/α-hetero) is 2. The van der Waals surface area contributed by atoms with Gasteiger partial charge in [-0.05, 0) is 26.3 Å². The molecule has 0 bridgehead atoms. The monoisotopic (exact) mass is 402 g/mol. The molecular weight excluding hydrogens is 380 g/mol. The number of thioether (sulfide) groups is 1. The first-order valence-electron chi connectivity index (χ1n) is 9.40. The van der Waals surface area contributed by atoms with Gasteiger partial charge in [-0.15, -0.1) is 11.8 Å². The molecule has 1 heterocycles. The maximum atomic E-state index is 12.5. The van der Waals surface area contributed by atoms with E-state index in [4.69, 9.17) is 0 Å². The number of carbonyl (C=O) groups excluding carboxylic acids is 2. The molecule has 146 valence electrons. The van der Waals surface area contributed by atoms with E-state index in [2.05, 4.69) is 11.1 Å². The molecule has 1 aliphatic heterocycles. The fraction of sp³-hybridized carbons (Fsp3) is 0.250. The summed E-state index contributed by atoms with van der Waals surface area (Å²) in [5.41, 5.74) is 3.81. The van der Waals surface area contributed by atoms with Crippen molar-refractivity contribution in [2.24, 2.45) is 10.9 Å². The fourth-order valence-electron chi connectivity index (χ4n) is 3.62. The summed E-state index contributed by atoms with van der Waals surface area (Å²) in [4.78, 5) is 29.5. The van der Waals surface area contributed by atoms with Gasteiger partial charge in [0.2, 0.25) is 0 Å². The van der Waals surface area contributed by atoms with Crippen LogP contribution in [0.15, 0.2) is 70.9 Å². The number of aliphatic imine (C=N–C) groups is 1. The second-order valence-electron chi connectivity index (χ2n) is 7.08. The van der Waals surface area contributed by atoms with Crippen LogP contribution in [0.2, 0.25) is 0 Å². The van der Waals surface area contributed by atoms with Crippen molar-refractivity contribution in [2.75, 3.05) is 5.75 Å². The highest BCUT2D eigenvalue weighted by Crippen LogP contribution is 2.41. The second kappa shape index (κ2) is 9.02. The highest BCUT2D eigenvalue weighted by atomic mass is 32.2. The van der Waals surface area contributed by atoms with Gasteiger partial charge in [-0.25, -0.2) is 4.99 Å². The molecule has 1 unspecified atom stereocenters. The minimum Gasteiger partial charge on any atom is -0.295 e. The molecule has 0 saturated carbocycles. The molecule has 0 radical (unpaired) electrons. The number of hydrogen-bond donors (Lipinski definition) is 0. The SMILES string of the molecule is CC(=O)C1=C(C)N=C(SCC(=O)c2ccccc2)C(C#N)[C@@H]1c1cccc(C)c1. The van der Waals surface area contributed by atoms with Gasteiger partial charge >= 0.3 is 0 Å². The minimum atomic E-state index is -0.604. The molecule has 0 aliphatic carbocycles. The summed E-state index contributed by atoms with van der Waals surface area (Å²) in [5, 5.41) is 10.6. The van der Waals surface area contributed by atoms with Crippen molar-refractivity contribution in [3.8, 4) is 6.07 Å². The van der Waals surface area contributed by atoms with Crippen molar-refractivity contribution in [3.05, 3.63) is 82.6 Å². The van der Waals surface area contributed by atoms with Crippen molar-refractivity contribution in [1.29, 1.82) is 5.26 Å². The molecule has 0 amide bonds. The highest BCUT2D eigenvalue weighted by Gasteiger charge is 2.37. The molecule has 3 rings (SSSR count). The Bertz CT molecular complexity index is 1050. The summed E-state index contributed by atoms with van der Waals surface area (Å²) < 4.78 is 0. The topological polar surface area (TPSA) is 70.3 Å². The summed E-state index contributed by atoms with van der Waals surface area (Å²) in [7, 11) is 0. The lowest BCUT2D eigenvalue weighted by Crippen LogP contribution is -2.28. The summed E-state index contributed by atoms with van der Waals surface area (Å²) in [6, 6.07) is 19.3. The summed E-state index contributed by atoms with van der Waals surface area (Å²) in [6.07, 6.45) is 0. The molecular formula is C24H22N2O2S. The van der Waals surface area contributed by atoms with E-state index in [0.29, 0.717) is 21.9 Å². The Labute approximate surface area is 175 Å². The molecule has 2 aromatic carbocycles. The molecule has 0 N–H and O–H groups in total. The van der Waals surface area contributed by atoms with Crippen LogP contribution in [0.4, 0.5) is 0 Å². The number of rotatable bonds is 5. The first kappa shape index (κ1) is 20.8. The van der Waals surface area contributed by atoms with Gasteiger partial charge in [0.05, 0.1) is 16.9 Å². The second-order valence-corrected chi connectivity index (χ2v) is 8.08. The summed E-state index contributed by atoms with van der Waals surface area (Å²) >= 11 is 1.29. The van der Waals surface area contributed by atoms with Gasteiger partial charge in [0.1, 0.15) is 5.92 Å². The number of benzene rings is 2. The number of allylic oxidation sites excluding steroid dienone is 2. The van der Waals surface area contributed by atoms with Crippen LogP contribution < -0.4 is 0 Å². The quantitative estimate of drug-likeness (QED) is 0.652. The molecule has 0 spiro atoms. The predicted molar refractivity (Wildman–Crippen MR) is 117 cm³/mol. The van der Waals surface area contributed by atoms with Crippen LogP contribution in [0, 0.1) is 24.2 Å². The van der Waals surface area contributed by atoms with E-state index in [9.17, 15) is 14.9 Å². The number of hydrogen-bond acceptors (Lipinski definition) is 5. The third-order valence-corrected chi connectivity index (χ3v) is 5.99. The highest BCUT2D eigenvalue weighted by molar-refractivity contribution is 8.14. The molecule has 0 saturated heterocycles. The Kier molecular flexibility index (Phi) is 6.46. The van der Waals surface area contributed by atoms with E-state index in [1.54, 1.807) is 19.1 Å². The average molecular weight is 403 g/mol. The minimum absolute atomic E-state index is 0.0129. The van der Waals surface area contributed by atoms with Crippen molar-refractivity contribution >= 4 is 28.4 Å². The maximum absolute atomic E-state index is 12.5. The lowest BCUT2D eigenvalue weighted by molar-refractivity contribution is -0.114. The summed E-state index contributed by atoms with van der Waals surface area (Å²) in [6.45, 7) is 5.30. The van der Waals surface area contributed by atoms with Crippen LogP contribution in [-0.4, -0.2) is 22.4 Å². The zero-order valence-electron chi connectivity index (χ0n) is 16.7. The summed E-state index contributed by atoms with van der Waals surface area (Å²) in [5.74, 6) is -0.884. The fourth-order valence-corrected chi connectivity index (χ4v) is 4.64. The molecule has 0 fully saturated rings. The number of nitrogens with zero attached hydrogens (tertiary/aromatic N) is 2.